The van der Waals surface area contributed by atoms with Crippen molar-refractivity contribution in [2.45, 2.75) is 6.42 Å². The molecule has 2 heteroatoms. The lowest BCUT2D eigenvalue weighted by molar-refractivity contribution is 1.15. The molecule has 0 N–H and O–H groups in total. The third kappa shape index (κ3) is 1.18. The number of nitrogens with zero attached hydrogens (tertiary/aromatic N) is 1. The Morgan fingerprint density at radius 3 is 3.14 bits per heavy atom. The summed E-state index contributed by atoms with van der Waals surface area (Å²) in [4.78, 5) is 2.30. The van der Waals surface area contributed by atoms with Gasteiger partial charge in [0, 0.05) is 29.8 Å². The van der Waals surface area contributed by atoms with E-state index in [-0.39, 0.29) is 0 Å². The van der Waals surface area contributed by atoms with E-state index in [1.807, 2.05) is 11.8 Å². The number of fused-ring (bicyclic) bond motifs is 3. The molecule has 0 saturated heterocycles. The van der Waals surface area contributed by atoms with Crippen LogP contribution in [-0.2, 0) is 6.42 Å². The van der Waals surface area contributed by atoms with Crippen LogP contribution in [0.4, 0.5) is 5.69 Å². The van der Waals surface area contributed by atoms with E-state index in [0.29, 0.717) is 0 Å². The third-order valence-electron chi connectivity index (χ3n) is 2.60. The number of benzene rings is 1. The van der Waals surface area contributed by atoms with Crippen LogP contribution < -0.4 is 4.90 Å². The first-order valence-electron chi connectivity index (χ1n) is 4.79. The highest BCUT2D eigenvalue weighted by atomic mass is 32.2. The highest BCUT2D eigenvalue weighted by molar-refractivity contribution is 8.02. The maximum atomic E-state index is 2.30. The number of hydrogen-bond acceptors (Lipinski definition) is 2. The number of rotatable bonds is 0. The van der Waals surface area contributed by atoms with Gasteiger partial charge in [0.05, 0.1) is 0 Å². The lowest BCUT2D eigenvalue weighted by Crippen LogP contribution is -2.08. The molecule has 2 aliphatic rings. The second-order valence-corrected chi connectivity index (χ2v) is 4.41. The molecule has 14 heavy (non-hydrogen) atoms. The van der Waals surface area contributed by atoms with E-state index in [9.17, 15) is 0 Å². The molecule has 70 valence electrons. The van der Waals surface area contributed by atoms with Crippen molar-refractivity contribution in [3.8, 4) is 0 Å². The highest BCUT2D eigenvalue weighted by Crippen LogP contribution is 2.36. The van der Waals surface area contributed by atoms with Gasteiger partial charge in [-0.1, -0.05) is 24.3 Å². The predicted molar refractivity (Wildman–Crippen MR) is 62.3 cm³/mol. The quantitative estimate of drug-likeness (QED) is 0.634. The normalized spacial score (nSPS) is 18.6. The Kier molecular flexibility index (Phi) is 1.88. The molecule has 0 atom stereocenters. The van der Waals surface area contributed by atoms with Gasteiger partial charge in [0.25, 0.3) is 0 Å². The molecule has 0 fully saturated rings. The monoisotopic (exact) mass is 201 g/mol. The summed E-state index contributed by atoms with van der Waals surface area (Å²) < 4.78 is 0. The molecule has 1 aromatic rings. The molecule has 0 saturated carbocycles. The molecule has 0 aliphatic carbocycles. The molecule has 0 amide bonds. The van der Waals surface area contributed by atoms with Gasteiger partial charge >= 0.3 is 0 Å². The zero-order valence-electron chi connectivity index (χ0n) is 7.81. The van der Waals surface area contributed by atoms with Gasteiger partial charge in [-0.15, -0.1) is 11.8 Å². The van der Waals surface area contributed by atoms with E-state index in [4.69, 9.17) is 0 Å². The Morgan fingerprint density at radius 1 is 1.21 bits per heavy atom. The summed E-state index contributed by atoms with van der Waals surface area (Å²) in [7, 11) is 0. The van der Waals surface area contributed by atoms with Gasteiger partial charge in [-0.05, 0) is 17.0 Å². The van der Waals surface area contributed by atoms with Crippen molar-refractivity contribution in [1.82, 2.24) is 0 Å². The van der Waals surface area contributed by atoms with E-state index in [1.165, 1.54) is 16.9 Å². The van der Waals surface area contributed by atoms with Crippen molar-refractivity contribution >= 4 is 17.4 Å². The van der Waals surface area contributed by atoms with Crippen LogP contribution in [0.5, 0.6) is 0 Å². The van der Waals surface area contributed by atoms with Crippen molar-refractivity contribution < 1.29 is 0 Å². The smallest absolute Gasteiger partial charge is 0.0488 e. The fourth-order valence-corrected chi connectivity index (χ4v) is 2.64. The molecule has 2 aliphatic heterocycles. The van der Waals surface area contributed by atoms with Gasteiger partial charge in [0.2, 0.25) is 0 Å². The van der Waals surface area contributed by atoms with Crippen LogP contribution in [0.15, 0.2) is 47.6 Å². The number of hydrogen-bond donors (Lipinski definition) is 0. The Labute approximate surface area is 88.1 Å². The summed E-state index contributed by atoms with van der Waals surface area (Å²) in [5, 5.41) is 2.28. The van der Waals surface area contributed by atoms with Crippen molar-refractivity contribution in [3.05, 3.63) is 53.2 Å². The molecule has 0 bridgehead atoms. The Morgan fingerprint density at radius 2 is 2.14 bits per heavy atom. The Bertz CT molecular complexity index is 420. The molecule has 2 heterocycles. The molecular formula is C12H11NS. The lowest BCUT2D eigenvalue weighted by atomic mass is 10.1. The molecule has 3 rings (SSSR count). The minimum Gasteiger partial charge on any atom is -0.320 e. The average molecular weight is 201 g/mol. The summed E-state index contributed by atoms with van der Waals surface area (Å²) in [6.45, 7) is 0. The summed E-state index contributed by atoms with van der Waals surface area (Å²) in [6, 6.07) is 8.62. The maximum absolute atomic E-state index is 2.30. The van der Waals surface area contributed by atoms with Crippen molar-refractivity contribution in [2.75, 3.05) is 10.7 Å². The van der Waals surface area contributed by atoms with E-state index in [1.54, 1.807) is 0 Å². The first-order valence-corrected chi connectivity index (χ1v) is 5.84. The SMILES string of the molecule is C1=CN2C(=CSC1)Cc1ccccc12. The van der Waals surface area contributed by atoms with E-state index in [0.717, 1.165) is 12.2 Å². The molecule has 0 spiro atoms. The van der Waals surface area contributed by atoms with Gasteiger partial charge < -0.3 is 4.90 Å². The zero-order valence-corrected chi connectivity index (χ0v) is 8.63. The molecule has 1 aromatic carbocycles. The summed E-state index contributed by atoms with van der Waals surface area (Å²) in [6.07, 6.45) is 5.49. The van der Waals surface area contributed by atoms with E-state index in [2.05, 4.69) is 46.8 Å². The van der Waals surface area contributed by atoms with E-state index >= 15 is 0 Å². The summed E-state index contributed by atoms with van der Waals surface area (Å²) >= 11 is 1.87. The Balaban J connectivity index is 2.13. The van der Waals surface area contributed by atoms with Crippen LogP contribution in [0.3, 0.4) is 0 Å². The molecule has 1 nitrogen and oxygen atoms in total. The van der Waals surface area contributed by atoms with Crippen LogP contribution >= 0.6 is 11.8 Å². The fraction of sp³-hybridized carbons (Fsp3) is 0.167. The van der Waals surface area contributed by atoms with Crippen LogP contribution in [0.1, 0.15) is 5.56 Å². The molecule has 0 aromatic heterocycles. The third-order valence-corrected chi connectivity index (χ3v) is 3.42. The molecule has 0 radical (unpaired) electrons. The number of para-hydroxylation sites is 1. The average Bonchev–Trinajstić information content (AvgIpc) is 2.42. The topological polar surface area (TPSA) is 3.24 Å². The standard InChI is InChI=1S/C12H11NS/c1-2-5-12-10(4-1)8-11-9-14-7-3-6-13(11)12/h1-6,9H,7-8H2. The van der Waals surface area contributed by atoms with Crippen LogP contribution in [0, 0.1) is 0 Å². The first kappa shape index (κ1) is 8.18. The van der Waals surface area contributed by atoms with E-state index < -0.39 is 0 Å². The maximum Gasteiger partial charge on any atom is 0.0488 e. The van der Waals surface area contributed by atoms with Gasteiger partial charge in [-0.25, -0.2) is 0 Å². The van der Waals surface area contributed by atoms with Crippen molar-refractivity contribution in [1.29, 1.82) is 0 Å². The minimum atomic E-state index is 1.08. The van der Waals surface area contributed by atoms with Crippen molar-refractivity contribution in [3.63, 3.8) is 0 Å². The highest BCUT2D eigenvalue weighted by Gasteiger charge is 2.22. The number of thioether (sulfide) groups is 1. The van der Waals surface area contributed by atoms with Gasteiger partial charge in [0.1, 0.15) is 0 Å². The second-order valence-electron chi connectivity index (χ2n) is 3.50. The van der Waals surface area contributed by atoms with Crippen LogP contribution in [-0.4, -0.2) is 5.75 Å². The van der Waals surface area contributed by atoms with Crippen LogP contribution in [0.25, 0.3) is 0 Å². The predicted octanol–water partition coefficient (Wildman–Crippen LogP) is 3.15. The van der Waals surface area contributed by atoms with Crippen molar-refractivity contribution in [2.24, 2.45) is 0 Å². The fourth-order valence-electron chi connectivity index (χ4n) is 1.95. The largest absolute Gasteiger partial charge is 0.320 e. The van der Waals surface area contributed by atoms with Crippen LogP contribution in [0.2, 0.25) is 0 Å². The summed E-state index contributed by atoms with van der Waals surface area (Å²) in [5.41, 5.74) is 4.19. The van der Waals surface area contributed by atoms with Gasteiger partial charge in [-0.3, -0.25) is 0 Å². The minimum absolute atomic E-state index is 1.08. The molecule has 0 unspecified atom stereocenters. The van der Waals surface area contributed by atoms with Gasteiger partial charge in [-0.2, -0.15) is 0 Å². The number of allylic oxidation sites excluding steroid dienone is 1. The van der Waals surface area contributed by atoms with Gasteiger partial charge in [0.15, 0.2) is 0 Å². The Hall–Kier alpha value is -1.15. The number of anilines is 1. The second kappa shape index (κ2) is 3.21. The lowest BCUT2D eigenvalue weighted by Gasteiger charge is -2.14. The molecular weight excluding hydrogens is 190 g/mol. The zero-order chi connectivity index (χ0) is 9.38. The first-order chi connectivity index (χ1) is 6.95. The summed E-state index contributed by atoms with van der Waals surface area (Å²) in [5.74, 6) is 1.09.